The first-order valence-corrected chi connectivity index (χ1v) is 17.7. The molecule has 6 rings (SSSR count). The number of hydrogen-bond acceptors (Lipinski definition) is 5. The van der Waals surface area contributed by atoms with Crippen LogP contribution in [0.4, 0.5) is 37.7 Å². The number of anilines is 2. The van der Waals surface area contributed by atoms with E-state index < -0.39 is 35.3 Å². The highest BCUT2D eigenvalue weighted by atomic mass is 19.4. The fraction of sp³-hybridized carbons (Fsp3) is 0.390. The number of alkyl halides is 6. The lowest BCUT2D eigenvalue weighted by Gasteiger charge is -2.39. The van der Waals surface area contributed by atoms with Gasteiger partial charge in [-0.1, -0.05) is 71.8 Å². The SMILES string of the molecule is Cc1ccc(C(CN2CCN(c3cccc(C(F)(F)F)c3)CC2)C(=O)C(CN2CCN(c3cccc(C(F)(F)F)c3)CC2)c2ccc(C)cc2)cc1. The number of hydrogen-bond donors (Lipinski definition) is 0. The Morgan fingerprint density at radius 1 is 0.538 bits per heavy atom. The van der Waals surface area contributed by atoms with Crippen molar-refractivity contribution in [3.05, 3.63) is 130 Å². The number of benzene rings is 4. The molecule has 0 saturated carbocycles. The van der Waals surface area contributed by atoms with Gasteiger partial charge in [-0.3, -0.25) is 14.6 Å². The van der Waals surface area contributed by atoms with Gasteiger partial charge in [0.25, 0.3) is 0 Å². The Balaban J connectivity index is 1.19. The second kappa shape index (κ2) is 15.7. The molecule has 0 bridgehead atoms. The smallest absolute Gasteiger partial charge is 0.369 e. The molecule has 0 aromatic heterocycles. The largest absolute Gasteiger partial charge is 0.416 e. The minimum atomic E-state index is -4.41. The minimum Gasteiger partial charge on any atom is -0.369 e. The molecule has 2 heterocycles. The Bertz CT molecular complexity index is 1660. The number of carbonyl (C=O) groups excluding carboxylic acids is 1. The zero-order valence-electron chi connectivity index (χ0n) is 29.4. The van der Waals surface area contributed by atoms with Crippen LogP contribution in [0.3, 0.4) is 0 Å². The van der Waals surface area contributed by atoms with E-state index in [0.717, 1.165) is 34.4 Å². The molecule has 4 aromatic carbocycles. The Morgan fingerprint density at radius 3 is 1.21 bits per heavy atom. The van der Waals surface area contributed by atoms with Crippen molar-refractivity contribution in [3.8, 4) is 0 Å². The van der Waals surface area contributed by atoms with Crippen molar-refractivity contribution in [3.63, 3.8) is 0 Å². The third-order valence-corrected chi connectivity index (χ3v) is 10.3. The van der Waals surface area contributed by atoms with Gasteiger partial charge in [0.05, 0.1) is 23.0 Å². The molecule has 2 aliphatic rings. The monoisotopic (exact) mass is 722 g/mol. The van der Waals surface area contributed by atoms with Crippen LogP contribution in [0.1, 0.15) is 45.2 Å². The third-order valence-electron chi connectivity index (χ3n) is 10.3. The molecular formula is C41H44F6N4O. The number of carbonyl (C=O) groups is 1. The zero-order chi connectivity index (χ0) is 37.0. The van der Waals surface area contributed by atoms with E-state index in [-0.39, 0.29) is 5.78 Å². The first kappa shape index (κ1) is 37.4. The summed E-state index contributed by atoms with van der Waals surface area (Å²) in [6.07, 6.45) is -8.83. The Hall–Kier alpha value is -4.35. The number of rotatable bonds is 10. The summed E-state index contributed by atoms with van der Waals surface area (Å²) in [5.74, 6) is -0.801. The molecule has 2 saturated heterocycles. The summed E-state index contributed by atoms with van der Waals surface area (Å²) >= 11 is 0. The molecule has 52 heavy (non-hydrogen) atoms. The Labute approximate surface area is 301 Å². The molecule has 0 N–H and O–H groups in total. The molecule has 2 unspecified atom stereocenters. The van der Waals surface area contributed by atoms with Gasteiger partial charge in [-0.15, -0.1) is 0 Å². The van der Waals surface area contributed by atoms with E-state index in [1.807, 2.05) is 72.2 Å². The molecule has 2 atom stereocenters. The summed E-state index contributed by atoms with van der Waals surface area (Å²) in [5, 5.41) is 0. The van der Waals surface area contributed by atoms with Crippen LogP contribution in [0.25, 0.3) is 0 Å². The molecule has 0 spiro atoms. The summed E-state index contributed by atoms with van der Waals surface area (Å²) in [7, 11) is 0. The summed E-state index contributed by atoms with van der Waals surface area (Å²) < 4.78 is 80.4. The van der Waals surface area contributed by atoms with Crippen LogP contribution in [0, 0.1) is 13.8 Å². The highest BCUT2D eigenvalue weighted by Crippen LogP contribution is 2.34. The van der Waals surface area contributed by atoms with Crippen LogP contribution in [-0.2, 0) is 17.1 Å². The van der Waals surface area contributed by atoms with Gasteiger partial charge in [-0.05, 0) is 61.4 Å². The predicted molar refractivity (Wildman–Crippen MR) is 193 cm³/mol. The maximum absolute atomic E-state index is 14.9. The molecule has 0 aliphatic carbocycles. The van der Waals surface area contributed by atoms with Gasteiger partial charge in [0.2, 0.25) is 0 Å². The quantitative estimate of drug-likeness (QED) is 0.154. The summed E-state index contributed by atoms with van der Waals surface area (Å²) in [6.45, 7) is 9.48. The Kier molecular flexibility index (Phi) is 11.3. The summed E-state index contributed by atoms with van der Waals surface area (Å²) in [4.78, 5) is 23.3. The standard InChI is InChI=1S/C41H44F6N4O/c1-29-9-13-31(14-10-29)37(27-48-17-21-50(22-18-48)35-7-3-5-33(25-35)40(42,43)44)39(52)38(32-15-11-30(2)12-16-32)28-49-19-23-51(24-20-49)36-8-4-6-34(26-36)41(45,46)47/h3-16,25-26,37-38H,17-24,27-28H2,1-2H3. The van der Waals surface area contributed by atoms with Crippen LogP contribution < -0.4 is 9.80 Å². The molecule has 5 nitrogen and oxygen atoms in total. The molecule has 4 aromatic rings. The van der Waals surface area contributed by atoms with E-state index in [2.05, 4.69) is 9.80 Å². The fourth-order valence-corrected chi connectivity index (χ4v) is 7.21. The van der Waals surface area contributed by atoms with E-state index in [1.54, 1.807) is 12.1 Å². The van der Waals surface area contributed by atoms with Crippen LogP contribution in [0.2, 0.25) is 0 Å². The number of ketones is 1. The number of aryl methyl sites for hydroxylation is 2. The van der Waals surface area contributed by atoms with Gasteiger partial charge in [0.1, 0.15) is 5.78 Å². The van der Waals surface area contributed by atoms with Gasteiger partial charge in [0, 0.05) is 76.8 Å². The first-order chi connectivity index (χ1) is 24.7. The average molecular weight is 723 g/mol. The van der Waals surface area contributed by atoms with Crippen molar-refractivity contribution in [1.29, 1.82) is 0 Å². The highest BCUT2D eigenvalue weighted by Gasteiger charge is 2.35. The van der Waals surface area contributed by atoms with Gasteiger partial charge < -0.3 is 9.80 Å². The number of Topliss-reactive ketones (excluding diaryl/α,β-unsaturated/α-hetero) is 1. The second-order valence-corrected chi connectivity index (χ2v) is 14.0. The van der Waals surface area contributed by atoms with E-state index in [1.165, 1.54) is 24.3 Å². The van der Waals surface area contributed by atoms with E-state index >= 15 is 0 Å². The number of nitrogens with zero attached hydrogens (tertiary/aromatic N) is 4. The van der Waals surface area contributed by atoms with Crippen LogP contribution >= 0.6 is 0 Å². The predicted octanol–water partition coefficient (Wildman–Crippen LogP) is 8.42. The van der Waals surface area contributed by atoms with Gasteiger partial charge >= 0.3 is 12.4 Å². The van der Waals surface area contributed by atoms with Crippen molar-refractivity contribution >= 4 is 17.2 Å². The van der Waals surface area contributed by atoms with Crippen molar-refractivity contribution in [2.75, 3.05) is 75.2 Å². The lowest BCUT2D eigenvalue weighted by Crippen LogP contribution is -2.50. The second-order valence-electron chi connectivity index (χ2n) is 14.0. The molecular weight excluding hydrogens is 678 g/mol. The minimum absolute atomic E-state index is 0.0910. The van der Waals surface area contributed by atoms with E-state index in [4.69, 9.17) is 0 Å². The molecule has 2 aliphatic heterocycles. The normalized spacial score (nSPS) is 17.6. The molecule has 0 radical (unpaired) electrons. The van der Waals surface area contributed by atoms with Gasteiger partial charge in [-0.2, -0.15) is 26.3 Å². The van der Waals surface area contributed by atoms with Crippen molar-refractivity contribution < 1.29 is 31.1 Å². The zero-order valence-corrected chi connectivity index (χ0v) is 29.4. The lowest BCUT2D eigenvalue weighted by atomic mass is 9.82. The van der Waals surface area contributed by atoms with Gasteiger partial charge in [-0.25, -0.2) is 0 Å². The van der Waals surface area contributed by atoms with Crippen molar-refractivity contribution in [2.24, 2.45) is 0 Å². The van der Waals surface area contributed by atoms with E-state index in [9.17, 15) is 31.1 Å². The molecule has 276 valence electrons. The van der Waals surface area contributed by atoms with Crippen LogP contribution in [0.15, 0.2) is 97.1 Å². The van der Waals surface area contributed by atoms with Crippen LogP contribution in [0.5, 0.6) is 0 Å². The van der Waals surface area contributed by atoms with Crippen molar-refractivity contribution in [1.82, 2.24) is 9.80 Å². The van der Waals surface area contributed by atoms with Gasteiger partial charge in [0.15, 0.2) is 0 Å². The topological polar surface area (TPSA) is 30.0 Å². The molecule has 2 fully saturated rings. The lowest BCUT2D eigenvalue weighted by molar-refractivity contribution is -0.138. The first-order valence-electron chi connectivity index (χ1n) is 17.7. The highest BCUT2D eigenvalue weighted by molar-refractivity contribution is 5.92. The molecule has 11 heteroatoms. The Morgan fingerprint density at radius 2 is 0.885 bits per heavy atom. The fourth-order valence-electron chi connectivity index (χ4n) is 7.21. The third kappa shape index (κ3) is 9.16. The maximum atomic E-state index is 14.9. The molecule has 0 amide bonds. The average Bonchev–Trinajstić information content (AvgIpc) is 3.13. The summed E-state index contributed by atoms with van der Waals surface area (Å²) in [5.41, 5.74) is 3.73. The maximum Gasteiger partial charge on any atom is 0.416 e. The summed E-state index contributed by atoms with van der Waals surface area (Å²) in [6, 6.07) is 26.9. The van der Waals surface area contributed by atoms with Crippen molar-refractivity contribution in [2.45, 2.75) is 38.0 Å². The number of piperazine rings is 2. The van der Waals surface area contributed by atoms with E-state index in [0.29, 0.717) is 76.8 Å². The van der Waals surface area contributed by atoms with Crippen LogP contribution in [-0.4, -0.2) is 81.0 Å². The number of halogens is 6.